The molecule has 2 aliphatic rings. The Hall–Kier alpha value is -0.420. The number of hydrogen-bond acceptors (Lipinski definition) is 3. The van der Waals surface area contributed by atoms with Crippen molar-refractivity contribution in [2.24, 2.45) is 4.99 Å². The van der Waals surface area contributed by atoms with Gasteiger partial charge in [0.05, 0.1) is 0 Å². The molecule has 0 radical (unpaired) electrons. The maximum absolute atomic E-state index is 4.38. The molecule has 2 unspecified atom stereocenters. The summed E-state index contributed by atoms with van der Waals surface area (Å²) in [4.78, 5) is 6.98. The maximum Gasteiger partial charge on any atom is 0.191 e. The Kier molecular flexibility index (Phi) is 6.68. The van der Waals surface area contributed by atoms with Gasteiger partial charge in [-0.05, 0) is 51.4 Å². The first-order chi connectivity index (χ1) is 10.2. The van der Waals surface area contributed by atoms with E-state index in [1.807, 2.05) is 7.05 Å². The van der Waals surface area contributed by atoms with Gasteiger partial charge in [0.1, 0.15) is 0 Å². The van der Waals surface area contributed by atoms with Crippen LogP contribution in [0.25, 0.3) is 0 Å². The predicted octanol–water partition coefficient (Wildman–Crippen LogP) is 2.31. The van der Waals surface area contributed by atoms with Gasteiger partial charge < -0.3 is 10.6 Å². The van der Waals surface area contributed by atoms with Gasteiger partial charge in [-0.15, -0.1) is 0 Å². The largest absolute Gasteiger partial charge is 0.355 e. The Bertz CT molecular complexity index is 339. The van der Waals surface area contributed by atoms with Crippen LogP contribution in [0.2, 0.25) is 0 Å². The third kappa shape index (κ3) is 5.06. The Balaban J connectivity index is 1.74. The number of nitrogens with zero attached hydrogens (tertiary/aromatic N) is 2. The van der Waals surface area contributed by atoms with E-state index < -0.39 is 0 Å². The lowest BCUT2D eigenvalue weighted by Crippen LogP contribution is -2.50. The lowest BCUT2D eigenvalue weighted by molar-refractivity contribution is 0.157. The molecule has 122 valence electrons. The molecule has 2 aliphatic heterocycles. The quantitative estimate of drug-likeness (QED) is 0.604. The smallest absolute Gasteiger partial charge is 0.191 e. The zero-order valence-electron chi connectivity index (χ0n) is 14.0. The highest BCUT2D eigenvalue weighted by molar-refractivity contribution is 8.00. The van der Waals surface area contributed by atoms with Crippen LogP contribution in [-0.2, 0) is 0 Å². The van der Waals surface area contributed by atoms with Gasteiger partial charge in [0.2, 0.25) is 0 Å². The van der Waals surface area contributed by atoms with Gasteiger partial charge in [0.25, 0.3) is 0 Å². The van der Waals surface area contributed by atoms with Gasteiger partial charge in [0, 0.05) is 30.9 Å². The van der Waals surface area contributed by atoms with Crippen LogP contribution in [0.1, 0.15) is 46.0 Å². The first-order valence-electron chi connectivity index (χ1n) is 8.49. The molecule has 5 heteroatoms. The number of likely N-dealkylation sites (N-methyl/N-ethyl adjacent to an activating group) is 1. The summed E-state index contributed by atoms with van der Waals surface area (Å²) < 4.78 is 0.387. The second kappa shape index (κ2) is 8.28. The van der Waals surface area contributed by atoms with E-state index in [1.165, 1.54) is 44.4 Å². The van der Waals surface area contributed by atoms with Crippen molar-refractivity contribution in [3.8, 4) is 0 Å². The van der Waals surface area contributed by atoms with E-state index in [-0.39, 0.29) is 0 Å². The molecular formula is C16H32N4S. The van der Waals surface area contributed by atoms with Crippen LogP contribution < -0.4 is 10.6 Å². The Labute approximate surface area is 134 Å². The number of guanidine groups is 1. The van der Waals surface area contributed by atoms with Gasteiger partial charge in [-0.3, -0.25) is 9.89 Å². The Morgan fingerprint density at radius 2 is 2.19 bits per heavy atom. The van der Waals surface area contributed by atoms with Crippen molar-refractivity contribution in [3.63, 3.8) is 0 Å². The van der Waals surface area contributed by atoms with Crippen LogP contribution in [0.3, 0.4) is 0 Å². The first-order valence-corrected chi connectivity index (χ1v) is 9.48. The normalized spacial score (nSPS) is 31.4. The van der Waals surface area contributed by atoms with Crippen molar-refractivity contribution < 1.29 is 0 Å². The fourth-order valence-electron chi connectivity index (χ4n) is 3.39. The second-order valence-electron chi connectivity index (χ2n) is 6.49. The van der Waals surface area contributed by atoms with Crippen molar-refractivity contribution in [1.82, 2.24) is 15.5 Å². The molecule has 2 N–H and O–H groups in total. The van der Waals surface area contributed by atoms with E-state index in [1.54, 1.807) is 0 Å². The lowest BCUT2D eigenvalue weighted by atomic mass is 10.0. The number of aliphatic imine (C=N–C) groups is 1. The minimum atomic E-state index is 0.387. The van der Waals surface area contributed by atoms with E-state index in [0.29, 0.717) is 10.8 Å². The van der Waals surface area contributed by atoms with E-state index in [2.05, 4.69) is 46.1 Å². The van der Waals surface area contributed by atoms with Crippen LogP contribution in [0, 0.1) is 0 Å². The first kappa shape index (κ1) is 16.9. The molecule has 2 saturated heterocycles. The van der Waals surface area contributed by atoms with Gasteiger partial charge in [-0.1, -0.05) is 13.3 Å². The molecule has 0 aliphatic carbocycles. The molecule has 0 bridgehead atoms. The zero-order chi connectivity index (χ0) is 15.1. The van der Waals surface area contributed by atoms with Gasteiger partial charge in [-0.25, -0.2) is 0 Å². The Morgan fingerprint density at radius 1 is 1.33 bits per heavy atom. The van der Waals surface area contributed by atoms with Crippen LogP contribution >= 0.6 is 11.8 Å². The van der Waals surface area contributed by atoms with E-state index in [0.717, 1.165) is 25.6 Å². The van der Waals surface area contributed by atoms with Crippen LogP contribution in [0.5, 0.6) is 0 Å². The van der Waals surface area contributed by atoms with Gasteiger partial charge in [-0.2, -0.15) is 11.8 Å². The molecule has 0 spiro atoms. The summed E-state index contributed by atoms with van der Waals surface area (Å²) in [6.07, 6.45) is 6.69. The molecular weight excluding hydrogens is 280 g/mol. The van der Waals surface area contributed by atoms with Crippen molar-refractivity contribution in [2.75, 3.05) is 39.0 Å². The van der Waals surface area contributed by atoms with E-state index in [9.17, 15) is 0 Å². The summed E-state index contributed by atoms with van der Waals surface area (Å²) in [6.45, 7) is 9.07. The van der Waals surface area contributed by atoms with Crippen LogP contribution in [0.4, 0.5) is 0 Å². The molecule has 0 saturated carbocycles. The summed E-state index contributed by atoms with van der Waals surface area (Å²) in [7, 11) is 1.87. The molecule has 0 aromatic carbocycles. The number of hydrogen-bond donors (Lipinski definition) is 2. The highest BCUT2D eigenvalue weighted by Gasteiger charge is 2.29. The number of nitrogens with one attached hydrogen (secondary N) is 2. The third-order valence-electron chi connectivity index (χ3n) is 4.81. The summed E-state index contributed by atoms with van der Waals surface area (Å²) >= 11 is 2.09. The van der Waals surface area contributed by atoms with Crippen molar-refractivity contribution >= 4 is 17.7 Å². The zero-order valence-corrected chi connectivity index (χ0v) is 14.8. The number of likely N-dealkylation sites (tertiary alicyclic amines) is 1. The molecule has 4 nitrogen and oxygen atoms in total. The Morgan fingerprint density at radius 3 is 2.86 bits per heavy atom. The molecule has 2 fully saturated rings. The average molecular weight is 313 g/mol. The van der Waals surface area contributed by atoms with E-state index >= 15 is 0 Å². The molecule has 2 atom stereocenters. The van der Waals surface area contributed by atoms with Crippen molar-refractivity contribution in [2.45, 2.75) is 56.7 Å². The van der Waals surface area contributed by atoms with Crippen LogP contribution in [-0.4, -0.2) is 60.6 Å². The third-order valence-corrected chi connectivity index (χ3v) is 6.35. The standard InChI is InChI=1S/C16H32N4S/c1-4-20-10-6-5-8-14(20)12-18-15(17-3)19-13-16(2)9-7-11-21-16/h14H,4-13H2,1-3H3,(H2,17,18,19). The molecule has 0 aromatic rings. The fraction of sp³-hybridized carbons (Fsp3) is 0.938. The summed E-state index contributed by atoms with van der Waals surface area (Å²) in [6, 6.07) is 0.666. The highest BCUT2D eigenvalue weighted by Crippen LogP contribution is 2.36. The average Bonchev–Trinajstić information content (AvgIpc) is 2.95. The number of piperidine rings is 1. The van der Waals surface area contributed by atoms with Crippen molar-refractivity contribution in [3.05, 3.63) is 0 Å². The second-order valence-corrected chi connectivity index (χ2v) is 8.17. The number of rotatable bonds is 5. The molecule has 0 amide bonds. The topological polar surface area (TPSA) is 39.7 Å². The number of thioether (sulfide) groups is 1. The molecule has 2 rings (SSSR count). The summed E-state index contributed by atoms with van der Waals surface area (Å²) in [5.41, 5.74) is 0. The minimum absolute atomic E-state index is 0.387. The maximum atomic E-state index is 4.38. The summed E-state index contributed by atoms with van der Waals surface area (Å²) in [5.74, 6) is 2.27. The van der Waals surface area contributed by atoms with Gasteiger partial charge in [0.15, 0.2) is 5.96 Å². The molecule has 2 heterocycles. The lowest BCUT2D eigenvalue weighted by Gasteiger charge is -2.35. The summed E-state index contributed by atoms with van der Waals surface area (Å²) in [5, 5.41) is 7.06. The van der Waals surface area contributed by atoms with Gasteiger partial charge >= 0.3 is 0 Å². The van der Waals surface area contributed by atoms with Crippen LogP contribution in [0.15, 0.2) is 4.99 Å². The molecule has 0 aromatic heterocycles. The van der Waals surface area contributed by atoms with E-state index in [4.69, 9.17) is 0 Å². The fourth-order valence-corrected chi connectivity index (χ4v) is 4.63. The predicted molar refractivity (Wildman–Crippen MR) is 94.3 cm³/mol. The van der Waals surface area contributed by atoms with Crippen molar-refractivity contribution in [1.29, 1.82) is 0 Å². The SMILES string of the molecule is CCN1CCCCC1CNC(=NC)NCC1(C)CCCS1. The monoisotopic (exact) mass is 312 g/mol. The minimum Gasteiger partial charge on any atom is -0.355 e. The molecule has 21 heavy (non-hydrogen) atoms. The highest BCUT2D eigenvalue weighted by atomic mass is 32.2.